The predicted octanol–water partition coefficient (Wildman–Crippen LogP) is 3.48. The summed E-state index contributed by atoms with van der Waals surface area (Å²) in [5.74, 6) is -0.0335. The third-order valence-corrected chi connectivity index (χ3v) is 5.05. The smallest absolute Gasteiger partial charge is 0.265 e. The Kier molecular flexibility index (Phi) is 5.61. The summed E-state index contributed by atoms with van der Waals surface area (Å²) in [5, 5.41) is 9.68. The second-order valence-electron chi connectivity index (χ2n) is 5.00. The van der Waals surface area contributed by atoms with E-state index in [0.717, 1.165) is 33.8 Å². The molecule has 114 valence electrons. The van der Waals surface area contributed by atoms with E-state index in [0.29, 0.717) is 17.1 Å². The average molecular weight is 371 g/mol. The zero-order chi connectivity index (χ0) is 15.4. The molecule has 0 fully saturated rings. The van der Waals surface area contributed by atoms with Gasteiger partial charge in [0.25, 0.3) is 5.91 Å². The molecular weight excluding hydrogens is 352 g/mol. The number of hydrogen-bond donors (Lipinski definition) is 2. The van der Waals surface area contributed by atoms with Gasteiger partial charge in [0.2, 0.25) is 0 Å². The van der Waals surface area contributed by atoms with Gasteiger partial charge in [-0.05, 0) is 37.5 Å². The number of carbonyl (C=O) groups excluding carboxylic acids is 1. The highest BCUT2D eigenvalue weighted by Crippen LogP contribution is 2.35. The molecule has 0 aliphatic rings. The second kappa shape index (κ2) is 7.24. The summed E-state index contributed by atoms with van der Waals surface area (Å²) in [6.45, 7) is 0.881. The molecule has 0 atom stereocenters. The van der Waals surface area contributed by atoms with Crippen LogP contribution >= 0.6 is 27.3 Å². The zero-order valence-electron chi connectivity index (χ0n) is 11.9. The number of aliphatic hydroxyl groups is 1. The summed E-state index contributed by atoms with van der Waals surface area (Å²) in [6, 6.07) is 5.86. The Labute approximate surface area is 136 Å². The summed E-state index contributed by atoms with van der Waals surface area (Å²) in [4.78, 5) is 14.8. The van der Waals surface area contributed by atoms with Crippen molar-refractivity contribution in [3.05, 3.63) is 27.5 Å². The van der Waals surface area contributed by atoms with E-state index in [-0.39, 0.29) is 12.5 Å². The quantitative estimate of drug-likeness (QED) is 0.764. The third-order valence-electron chi connectivity index (χ3n) is 3.38. The second-order valence-corrected chi connectivity index (χ2v) is 6.96. The van der Waals surface area contributed by atoms with Crippen molar-refractivity contribution in [2.45, 2.75) is 19.3 Å². The molecule has 4 nitrogen and oxygen atoms in total. The number of rotatable bonds is 6. The maximum absolute atomic E-state index is 12.5. The van der Waals surface area contributed by atoms with Crippen LogP contribution in [0.15, 0.2) is 22.7 Å². The van der Waals surface area contributed by atoms with Gasteiger partial charge in [-0.15, -0.1) is 11.3 Å². The van der Waals surface area contributed by atoms with Gasteiger partial charge in [0.1, 0.15) is 4.88 Å². The number of anilines is 1. The van der Waals surface area contributed by atoms with Gasteiger partial charge in [0, 0.05) is 34.8 Å². The van der Waals surface area contributed by atoms with Crippen molar-refractivity contribution in [3.8, 4) is 0 Å². The van der Waals surface area contributed by atoms with Crippen molar-refractivity contribution in [1.29, 1.82) is 0 Å². The van der Waals surface area contributed by atoms with Gasteiger partial charge in [-0.3, -0.25) is 4.79 Å². The summed E-state index contributed by atoms with van der Waals surface area (Å²) >= 11 is 4.86. The topological polar surface area (TPSA) is 66.6 Å². The Hall–Kier alpha value is -1.11. The molecule has 0 unspecified atom stereocenters. The minimum Gasteiger partial charge on any atom is -0.397 e. The van der Waals surface area contributed by atoms with Crippen molar-refractivity contribution >= 4 is 48.9 Å². The third kappa shape index (κ3) is 3.75. The van der Waals surface area contributed by atoms with E-state index in [1.54, 1.807) is 11.9 Å². The number of benzene rings is 1. The number of aliphatic hydroxyl groups excluding tert-OH is 1. The van der Waals surface area contributed by atoms with Crippen LogP contribution in [0.5, 0.6) is 0 Å². The molecule has 1 amide bonds. The first-order valence-electron chi connectivity index (χ1n) is 6.88. The lowest BCUT2D eigenvalue weighted by Gasteiger charge is -2.16. The standard InChI is InChI=1S/C15H19BrN2O2S/c1-18(7-3-2-4-8-19)15(20)14-13(17)11-9-10(16)5-6-12(11)21-14/h5-6,9,19H,2-4,7-8,17H2,1H3. The molecule has 0 saturated carbocycles. The highest BCUT2D eigenvalue weighted by Gasteiger charge is 2.19. The highest BCUT2D eigenvalue weighted by molar-refractivity contribution is 9.10. The molecular formula is C15H19BrN2O2S. The first-order chi connectivity index (χ1) is 10.0. The number of amides is 1. The Balaban J connectivity index is 2.13. The zero-order valence-corrected chi connectivity index (χ0v) is 14.3. The fourth-order valence-electron chi connectivity index (χ4n) is 2.16. The Morgan fingerprint density at radius 2 is 2.14 bits per heavy atom. The van der Waals surface area contributed by atoms with Gasteiger partial charge in [-0.1, -0.05) is 15.9 Å². The molecule has 0 saturated heterocycles. The van der Waals surface area contributed by atoms with Crippen molar-refractivity contribution in [2.24, 2.45) is 0 Å². The molecule has 3 N–H and O–H groups in total. The lowest BCUT2D eigenvalue weighted by atomic mass is 10.2. The fourth-order valence-corrected chi connectivity index (χ4v) is 3.62. The molecule has 2 aromatic rings. The molecule has 0 radical (unpaired) electrons. The number of nitrogens with two attached hydrogens (primary N) is 1. The number of halogens is 1. The molecule has 1 heterocycles. The van der Waals surface area contributed by atoms with Crippen molar-refractivity contribution < 1.29 is 9.90 Å². The van der Waals surface area contributed by atoms with Crippen molar-refractivity contribution in [2.75, 3.05) is 25.9 Å². The number of unbranched alkanes of at least 4 members (excludes halogenated alkanes) is 2. The Bertz CT molecular complexity index is 642. The monoisotopic (exact) mass is 370 g/mol. The minimum absolute atomic E-state index is 0.0335. The van der Waals surface area contributed by atoms with Gasteiger partial charge < -0.3 is 15.7 Å². The van der Waals surface area contributed by atoms with E-state index in [4.69, 9.17) is 10.8 Å². The summed E-state index contributed by atoms with van der Waals surface area (Å²) < 4.78 is 1.98. The number of fused-ring (bicyclic) bond motifs is 1. The average Bonchev–Trinajstić information content (AvgIpc) is 2.79. The summed E-state index contributed by atoms with van der Waals surface area (Å²) in [7, 11) is 1.79. The van der Waals surface area contributed by atoms with Gasteiger partial charge in [-0.25, -0.2) is 0 Å². The normalized spacial score (nSPS) is 11.0. The van der Waals surface area contributed by atoms with Gasteiger partial charge >= 0.3 is 0 Å². The Morgan fingerprint density at radius 3 is 2.86 bits per heavy atom. The molecule has 21 heavy (non-hydrogen) atoms. The lowest BCUT2D eigenvalue weighted by molar-refractivity contribution is 0.0798. The van der Waals surface area contributed by atoms with Crippen LogP contribution in [0.2, 0.25) is 0 Å². The van der Waals surface area contributed by atoms with Crippen LogP contribution in [0.3, 0.4) is 0 Å². The van der Waals surface area contributed by atoms with Crippen LogP contribution in [0.4, 0.5) is 5.69 Å². The SMILES string of the molecule is CN(CCCCCO)C(=O)c1sc2ccc(Br)cc2c1N. The van der Waals surface area contributed by atoms with Crippen molar-refractivity contribution in [1.82, 2.24) is 4.90 Å². The van der Waals surface area contributed by atoms with E-state index in [2.05, 4.69) is 15.9 Å². The number of thiophene rings is 1. The molecule has 0 spiro atoms. The highest BCUT2D eigenvalue weighted by atomic mass is 79.9. The van der Waals surface area contributed by atoms with E-state index >= 15 is 0 Å². The van der Waals surface area contributed by atoms with Gasteiger partial charge in [-0.2, -0.15) is 0 Å². The van der Waals surface area contributed by atoms with Crippen LogP contribution in [0.1, 0.15) is 28.9 Å². The molecule has 1 aromatic heterocycles. The molecule has 1 aromatic carbocycles. The number of nitrogen functional groups attached to an aromatic ring is 1. The Morgan fingerprint density at radius 1 is 1.38 bits per heavy atom. The van der Waals surface area contributed by atoms with Crippen LogP contribution in [-0.4, -0.2) is 36.1 Å². The van der Waals surface area contributed by atoms with Gasteiger partial charge in [0.05, 0.1) is 5.69 Å². The number of nitrogens with zero attached hydrogens (tertiary/aromatic N) is 1. The molecule has 0 bridgehead atoms. The van der Waals surface area contributed by atoms with E-state index < -0.39 is 0 Å². The van der Waals surface area contributed by atoms with Crippen LogP contribution in [-0.2, 0) is 0 Å². The van der Waals surface area contributed by atoms with Crippen LogP contribution in [0.25, 0.3) is 10.1 Å². The van der Waals surface area contributed by atoms with E-state index in [9.17, 15) is 4.79 Å². The maximum Gasteiger partial charge on any atom is 0.265 e. The van der Waals surface area contributed by atoms with Gasteiger partial charge in [0.15, 0.2) is 0 Å². The number of hydrogen-bond acceptors (Lipinski definition) is 4. The number of carbonyl (C=O) groups is 1. The van der Waals surface area contributed by atoms with E-state index in [1.165, 1.54) is 11.3 Å². The predicted molar refractivity (Wildman–Crippen MR) is 91.8 cm³/mol. The molecule has 0 aliphatic heterocycles. The molecule has 2 rings (SSSR count). The lowest BCUT2D eigenvalue weighted by Crippen LogP contribution is -2.27. The largest absolute Gasteiger partial charge is 0.397 e. The maximum atomic E-state index is 12.5. The van der Waals surface area contributed by atoms with Crippen molar-refractivity contribution in [3.63, 3.8) is 0 Å². The first kappa shape index (κ1) is 16.3. The minimum atomic E-state index is -0.0335. The van der Waals surface area contributed by atoms with Crippen LogP contribution in [0, 0.1) is 0 Å². The van der Waals surface area contributed by atoms with E-state index in [1.807, 2.05) is 18.2 Å². The fraction of sp³-hybridized carbons (Fsp3) is 0.400. The molecule has 6 heteroatoms. The van der Waals surface area contributed by atoms with Crippen LogP contribution < -0.4 is 5.73 Å². The summed E-state index contributed by atoms with van der Waals surface area (Å²) in [5.41, 5.74) is 6.69. The molecule has 0 aliphatic carbocycles. The summed E-state index contributed by atoms with van der Waals surface area (Å²) in [6.07, 6.45) is 2.59. The first-order valence-corrected chi connectivity index (χ1v) is 8.49.